The maximum absolute atomic E-state index is 12.7. The monoisotopic (exact) mass is 282 g/mol. The Labute approximate surface area is 117 Å². The number of hydrogen-bond acceptors (Lipinski definition) is 3. The Hall–Kier alpha value is -1.59. The van der Waals surface area contributed by atoms with Crippen molar-refractivity contribution in [3.8, 4) is 0 Å². The molecule has 20 heavy (non-hydrogen) atoms. The van der Waals surface area contributed by atoms with Crippen LogP contribution in [0.5, 0.6) is 0 Å². The minimum atomic E-state index is -0.969. The van der Waals surface area contributed by atoms with Crippen molar-refractivity contribution in [3.05, 3.63) is 12.4 Å². The van der Waals surface area contributed by atoms with Gasteiger partial charge in [-0.25, -0.2) is 9.18 Å². The summed E-state index contributed by atoms with van der Waals surface area (Å²) in [7, 11) is 0. The molecular formula is C14H19FN2O3. The van der Waals surface area contributed by atoms with Crippen LogP contribution in [0.15, 0.2) is 12.4 Å². The number of carbonyl (C=O) groups excluding carboxylic acids is 2. The fourth-order valence-electron chi connectivity index (χ4n) is 3.47. The zero-order valence-corrected chi connectivity index (χ0v) is 11.4. The molecule has 3 rings (SSSR count). The Morgan fingerprint density at radius 3 is 2.25 bits per heavy atom. The fourth-order valence-corrected chi connectivity index (χ4v) is 3.47. The summed E-state index contributed by atoms with van der Waals surface area (Å²) in [4.78, 5) is 26.6. The summed E-state index contributed by atoms with van der Waals surface area (Å²) >= 11 is 0. The summed E-state index contributed by atoms with van der Waals surface area (Å²) in [5.41, 5.74) is 0. The predicted octanol–water partition coefficient (Wildman–Crippen LogP) is 1.83. The van der Waals surface area contributed by atoms with Gasteiger partial charge in [-0.05, 0) is 32.1 Å². The third-order valence-electron chi connectivity index (χ3n) is 4.54. The average molecular weight is 282 g/mol. The van der Waals surface area contributed by atoms with Gasteiger partial charge in [0.2, 0.25) is 0 Å². The van der Waals surface area contributed by atoms with E-state index in [0.717, 1.165) is 25.7 Å². The van der Waals surface area contributed by atoms with E-state index < -0.39 is 11.7 Å². The normalized spacial score (nSPS) is 29.1. The van der Waals surface area contributed by atoms with Crippen LogP contribution in [0.1, 0.15) is 32.1 Å². The highest BCUT2D eigenvalue weighted by Crippen LogP contribution is 2.36. The molecule has 3 heterocycles. The number of halogens is 1. The highest BCUT2D eigenvalue weighted by Gasteiger charge is 2.42. The van der Waals surface area contributed by atoms with Crippen molar-refractivity contribution >= 4 is 12.0 Å². The average Bonchev–Trinajstić information content (AvgIpc) is 2.62. The number of amides is 2. The number of rotatable bonds is 2. The fraction of sp³-hybridized carbons (Fsp3) is 0.714. The molecule has 3 fully saturated rings. The Balaban J connectivity index is 1.49. The number of piperidine rings is 1. The molecule has 0 spiro atoms. The molecule has 2 atom stereocenters. The number of carbonyl (C=O) groups is 2. The Bertz CT molecular complexity index is 432. The molecule has 2 amide bonds. The molecule has 2 bridgehead atoms. The van der Waals surface area contributed by atoms with E-state index in [1.807, 2.05) is 4.90 Å². The van der Waals surface area contributed by atoms with Gasteiger partial charge in [0, 0.05) is 12.1 Å². The third kappa shape index (κ3) is 2.27. The van der Waals surface area contributed by atoms with Crippen LogP contribution >= 0.6 is 0 Å². The summed E-state index contributed by atoms with van der Waals surface area (Å²) in [6, 6.07) is 0.648. The van der Waals surface area contributed by atoms with Gasteiger partial charge in [0.1, 0.15) is 6.10 Å². The standard InChI is InChI=1S/C14H19FN2O3/c1-9(15)13(18)16-7-12(8-16)20-14(19)17-10-3-2-4-11(17)6-5-10/h10-12H,1-8H2. The van der Waals surface area contributed by atoms with Crippen molar-refractivity contribution in [1.82, 2.24) is 9.80 Å². The lowest BCUT2D eigenvalue weighted by Gasteiger charge is -2.40. The van der Waals surface area contributed by atoms with Gasteiger partial charge in [-0.2, -0.15) is 0 Å². The van der Waals surface area contributed by atoms with Crippen LogP contribution in [0.25, 0.3) is 0 Å². The molecule has 0 aliphatic carbocycles. The van der Waals surface area contributed by atoms with Gasteiger partial charge < -0.3 is 14.5 Å². The Kier molecular flexibility index (Phi) is 3.40. The van der Waals surface area contributed by atoms with Crippen LogP contribution in [0, 0.1) is 0 Å². The first kappa shape index (κ1) is 13.4. The topological polar surface area (TPSA) is 49.9 Å². The SMILES string of the molecule is C=C(F)C(=O)N1CC(OC(=O)N2C3CCCC2CC3)C1. The number of ether oxygens (including phenoxy) is 1. The van der Waals surface area contributed by atoms with Crippen LogP contribution in [-0.4, -0.2) is 53.1 Å². The van der Waals surface area contributed by atoms with E-state index in [9.17, 15) is 14.0 Å². The highest BCUT2D eigenvalue weighted by atomic mass is 19.1. The maximum atomic E-state index is 12.7. The lowest BCUT2D eigenvalue weighted by Crippen LogP contribution is -2.57. The van der Waals surface area contributed by atoms with E-state index in [1.165, 1.54) is 11.3 Å². The molecule has 5 nitrogen and oxygen atoms in total. The van der Waals surface area contributed by atoms with E-state index in [1.54, 1.807) is 0 Å². The molecular weight excluding hydrogens is 263 g/mol. The predicted molar refractivity (Wildman–Crippen MR) is 69.6 cm³/mol. The second-order valence-electron chi connectivity index (χ2n) is 5.84. The zero-order chi connectivity index (χ0) is 14.3. The van der Waals surface area contributed by atoms with Crippen molar-refractivity contribution in [2.75, 3.05) is 13.1 Å². The van der Waals surface area contributed by atoms with Crippen molar-refractivity contribution in [2.24, 2.45) is 0 Å². The lowest BCUT2D eigenvalue weighted by molar-refractivity contribution is -0.139. The molecule has 0 N–H and O–H groups in total. The van der Waals surface area contributed by atoms with Gasteiger partial charge in [0.25, 0.3) is 5.91 Å². The minimum absolute atomic E-state index is 0.261. The molecule has 2 unspecified atom stereocenters. The zero-order valence-electron chi connectivity index (χ0n) is 11.4. The van der Waals surface area contributed by atoms with Crippen molar-refractivity contribution in [2.45, 2.75) is 50.3 Å². The quantitative estimate of drug-likeness (QED) is 0.726. The molecule has 0 aromatic rings. The number of nitrogens with zero attached hydrogens (tertiary/aromatic N) is 2. The molecule has 3 aliphatic rings. The van der Waals surface area contributed by atoms with E-state index in [2.05, 4.69) is 6.58 Å². The molecule has 3 aliphatic heterocycles. The van der Waals surface area contributed by atoms with Gasteiger partial charge >= 0.3 is 6.09 Å². The molecule has 0 aromatic carbocycles. The van der Waals surface area contributed by atoms with Gasteiger partial charge in [-0.1, -0.05) is 6.58 Å². The smallest absolute Gasteiger partial charge is 0.410 e. The summed E-state index contributed by atoms with van der Waals surface area (Å²) in [6.07, 6.45) is 4.85. The summed E-state index contributed by atoms with van der Waals surface area (Å²) in [5, 5.41) is 0. The van der Waals surface area contributed by atoms with E-state index >= 15 is 0 Å². The van der Waals surface area contributed by atoms with Crippen LogP contribution in [0.3, 0.4) is 0 Å². The van der Waals surface area contributed by atoms with E-state index in [-0.39, 0.29) is 25.3 Å². The van der Waals surface area contributed by atoms with Gasteiger partial charge in [0.05, 0.1) is 13.1 Å². The summed E-state index contributed by atoms with van der Waals surface area (Å²) in [6.45, 7) is 3.49. The van der Waals surface area contributed by atoms with Gasteiger partial charge in [-0.15, -0.1) is 0 Å². The van der Waals surface area contributed by atoms with Crippen LogP contribution < -0.4 is 0 Å². The summed E-state index contributed by atoms with van der Waals surface area (Å²) < 4.78 is 18.1. The first-order chi connectivity index (χ1) is 9.56. The Morgan fingerprint density at radius 1 is 1.10 bits per heavy atom. The number of fused-ring (bicyclic) bond motifs is 2. The first-order valence-electron chi connectivity index (χ1n) is 7.19. The number of hydrogen-bond donors (Lipinski definition) is 0. The molecule has 6 heteroatoms. The molecule has 0 radical (unpaired) electrons. The molecule has 0 aromatic heterocycles. The summed E-state index contributed by atoms with van der Waals surface area (Å²) in [5.74, 6) is -1.68. The third-order valence-corrected chi connectivity index (χ3v) is 4.54. The van der Waals surface area contributed by atoms with E-state index in [4.69, 9.17) is 4.74 Å². The van der Waals surface area contributed by atoms with Crippen LogP contribution in [-0.2, 0) is 9.53 Å². The van der Waals surface area contributed by atoms with E-state index in [0.29, 0.717) is 12.1 Å². The second kappa shape index (κ2) is 5.07. The van der Waals surface area contributed by atoms with Gasteiger partial charge in [-0.3, -0.25) is 4.79 Å². The van der Waals surface area contributed by atoms with Crippen molar-refractivity contribution in [3.63, 3.8) is 0 Å². The molecule has 0 saturated carbocycles. The van der Waals surface area contributed by atoms with Crippen LogP contribution in [0.2, 0.25) is 0 Å². The first-order valence-corrected chi connectivity index (χ1v) is 7.19. The Morgan fingerprint density at radius 2 is 1.70 bits per heavy atom. The molecule has 110 valence electrons. The number of likely N-dealkylation sites (tertiary alicyclic amines) is 1. The molecule has 3 saturated heterocycles. The van der Waals surface area contributed by atoms with Crippen molar-refractivity contribution < 1.29 is 18.7 Å². The van der Waals surface area contributed by atoms with Crippen LogP contribution in [0.4, 0.5) is 9.18 Å². The lowest BCUT2D eigenvalue weighted by atomic mass is 10.0. The van der Waals surface area contributed by atoms with Crippen molar-refractivity contribution in [1.29, 1.82) is 0 Å². The van der Waals surface area contributed by atoms with Gasteiger partial charge in [0.15, 0.2) is 5.83 Å². The largest absolute Gasteiger partial charge is 0.442 e. The highest BCUT2D eigenvalue weighted by molar-refractivity contribution is 5.91. The minimum Gasteiger partial charge on any atom is -0.442 e. The maximum Gasteiger partial charge on any atom is 0.410 e. The second-order valence-corrected chi connectivity index (χ2v) is 5.84.